The zero-order valence-electron chi connectivity index (χ0n) is 27.9. The van der Waals surface area contributed by atoms with E-state index in [1.54, 1.807) is 11.0 Å². The summed E-state index contributed by atoms with van der Waals surface area (Å²) in [6.45, 7) is 8.87. The van der Waals surface area contributed by atoms with Gasteiger partial charge in [-0.15, -0.1) is 0 Å². The highest BCUT2D eigenvalue weighted by molar-refractivity contribution is 5.97. The third-order valence-corrected chi connectivity index (χ3v) is 9.85. The van der Waals surface area contributed by atoms with Crippen LogP contribution in [0.3, 0.4) is 0 Å². The number of hydrogen-bond acceptors (Lipinski definition) is 5. The molecule has 5 rings (SSSR count). The van der Waals surface area contributed by atoms with E-state index >= 15 is 0 Å². The van der Waals surface area contributed by atoms with E-state index in [4.69, 9.17) is 14.6 Å². The second kappa shape index (κ2) is 15.4. The number of carboxylic acid groups (broad SMARTS) is 1. The van der Waals surface area contributed by atoms with Gasteiger partial charge in [-0.2, -0.15) is 26.3 Å². The van der Waals surface area contributed by atoms with E-state index in [1.807, 2.05) is 36.9 Å². The van der Waals surface area contributed by atoms with Crippen molar-refractivity contribution < 1.29 is 50.6 Å². The minimum absolute atomic E-state index is 0.0973. The number of alkyl halides is 6. The summed E-state index contributed by atoms with van der Waals surface area (Å²) in [5, 5.41) is 7.12. The molecule has 2 aromatic rings. The number of ether oxygens (including phenoxy) is 1. The standard InChI is InChI=1S/C33H42F3N3O3.C2HF3O2/c1-4-5-13-28-32(42-31(41)39(28)22-25-11-6-7-12-27(25)33(34,35)36)16-20-37(21-17-32)26-14-18-38(19-15-26)30(40)29-23(2)9-8-10-24(29)3;3-2(4,5)1(6)7/h6-12,26,28H,4-5,13-22H2,1-3H3;(H,6,7). The molecule has 0 aromatic heterocycles. The van der Waals surface area contributed by atoms with Crippen LogP contribution in [0.4, 0.5) is 31.1 Å². The molecule has 1 atom stereocenters. The van der Waals surface area contributed by atoms with Gasteiger partial charge in [-0.1, -0.05) is 56.2 Å². The summed E-state index contributed by atoms with van der Waals surface area (Å²) in [4.78, 5) is 41.4. The molecule has 2 aromatic carbocycles. The molecular weight excluding hydrogens is 656 g/mol. The third kappa shape index (κ3) is 8.87. The van der Waals surface area contributed by atoms with E-state index in [1.165, 1.54) is 12.1 Å². The Hall–Kier alpha value is -3.81. The van der Waals surface area contributed by atoms with Crippen molar-refractivity contribution in [2.24, 2.45) is 0 Å². The number of hydrogen-bond donors (Lipinski definition) is 1. The number of aliphatic carboxylic acids is 1. The van der Waals surface area contributed by atoms with Crippen LogP contribution in [0.1, 0.15) is 84.5 Å². The van der Waals surface area contributed by atoms with Gasteiger partial charge in [-0.25, -0.2) is 9.59 Å². The molecule has 3 aliphatic rings. The number of rotatable bonds is 7. The predicted molar refractivity (Wildman–Crippen MR) is 169 cm³/mol. The van der Waals surface area contributed by atoms with E-state index in [2.05, 4.69) is 11.8 Å². The van der Waals surface area contributed by atoms with Crippen molar-refractivity contribution >= 4 is 18.0 Å². The molecule has 0 aliphatic carbocycles. The maximum atomic E-state index is 13.7. The summed E-state index contributed by atoms with van der Waals surface area (Å²) in [5.74, 6) is -2.65. The van der Waals surface area contributed by atoms with E-state index in [0.717, 1.165) is 61.5 Å². The molecule has 270 valence electrons. The quantitative estimate of drug-likeness (QED) is 0.300. The van der Waals surface area contributed by atoms with Gasteiger partial charge < -0.3 is 14.7 Å². The molecule has 1 N–H and O–H groups in total. The molecule has 49 heavy (non-hydrogen) atoms. The van der Waals surface area contributed by atoms with Crippen molar-refractivity contribution in [2.45, 2.75) is 102 Å². The Kier molecular flexibility index (Phi) is 11.9. The summed E-state index contributed by atoms with van der Waals surface area (Å²) in [7, 11) is 0. The molecule has 0 radical (unpaired) electrons. The summed E-state index contributed by atoms with van der Waals surface area (Å²) in [6, 6.07) is 11.5. The average Bonchev–Trinajstić information content (AvgIpc) is 3.28. The van der Waals surface area contributed by atoms with Crippen molar-refractivity contribution in [3.8, 4) is 0 Å². The fourth-order valence-corrected chi connectivity index (χ4v) is 7.27. The van der Waals surface area contributed by atoms with E-state index in [0.29, 0.717) is 38.4 Å². The first-order valence-corrected chi connectivity index (χ1v) is 16.5. The molecule has 3 saturated heterocycles. The Labute approximate surface area is 282 Å². The summed E-state index contributed by atoms with van der Waals surface area (Å²) in [6.07, 6.45) is -4.48. The first kappa shape index (κ1) is 38.0. The lowest BCUT2D eigenvalue weighted by molar-refractivity contribution is -0.192. The summed E-state index contributed by atoms with van der Waals surface area (Å²) in [5.41, 5.74) is 1.52. The second-order valence-corrected chi connectivity index (χ2v) is 13.0. The van der Waals surface area contributed by atoms with Crippen molar-refractivity contribution in [3.63, 3.8) is 0 Å². The lowest BCUT2D eigenvalue weighted by Gasteiger charge is -2.46. The van der Waals surface area contributed by atoms with Gasteiger partial charge in [0.2, 0.25) is 0 Å². The van der Waals surface area contributed by atoms with Gasteiger partial charge in [0.25, 0.3) is 5.91 Å². The largest absolute Gasteiger partial charge is 0.490 e. The zero-order chi connectivity index (χ0) is 36.1. The molecule has 0 bridgehead atoms. The molecule has 8 nitrogen and oxygen atoms in total. The van der Waals surface area contributed by atoms with Crippen molar-refractivity contribution in [1.82, 2.24) is 14.7 Å². The minimum atomic E-state index is -5.08. The number of nitrogens with zero attached hydrogens (tertiary/aromatic N) is 3. The van der Waals surface area contributed by atoms with Gasteiger partial charge >= 0.3 is 24.4 Å². The number of aryl methyl sites for hydroxylation is 2. The number of likely N-dealkylation sites (tertiary alicyclic amines) is 2. The first-order chi connectivity index (χ1) is 23.0. The van der Waals surface area contributed by atoms with Gasteiger partial charge in [0.1, 0.15) is 5.60 Å². The van der Waals surface area contributed by atoms with Crippen LogP contribution in [0, 0.1) is 13.8 Å². The third-order valence-electron chi connectivity index (χ3n) is 9.85. The van der Waals surface area contributed by atoms with Gasteiger partial charge in [-0.3, -0.25) is 14.6 Å². The highest BCUT2D eigenvalue weighted by Gasteiger charge is 2.55. The Morgan fingerprint density at radius 3 is 2.02 bits per heavy atom. The van der Waals surface area contributed by atoms with Crippen LogP contribution < -0.4 is 0 Å². The molecular formula is C35H43F6N3O5. The Bertz CT molecular complexity index is 1460. The smallest absolute Gasteiger partial charge is 0.475 e. The molecule has 1 spiro atoms. The molecule has 3 aliphatic heterocycles. The lowest BCUT2D eigenvalue weighted by Crippen LogP contribution is -2.56. The van der Waals surface area contributed by atoms with Crippen LogP contribution >= 0.6 is 0 Å². The van der Waals surface area contributed by atoms with E-state index in [-0.39, 0.29) is 24.1 Å². The topological polar surface area (TPSA) is 90.4 Å². The summed E-state index contributed by atoms with van der Waals surface area (Å²) < 4.78 is 79.0. The maximum Gasteiger partial charge on any atom is 0.490 e. The SMILES string of the molecule is CCCCC1N(Cc2ccccc2C(F)(F)F)C(=O)OC12CCN(C1CCN(C(=O)c3c(C)cccc3C)CC1)CC2.O=C(O)C(F)(F)F. The fraction of sp³-hybridized carbons (Fsp3) is 0.571. The highest BCUT2D eigenvalue weighted by Crippen LogP contribution is 2.43. The molecule has 2 amide bonds. The van der Waals surface area contributed by atoms with Gasteiger partial charge in [0, 0.05) is 50.6 Å². The van der Waals surface area contributed by atoms with Crippen molar-refractivity contribution in [1.29, 1.82) is 0 Å². The summed E-state index contributed by atoms with van der Waals surface area (Å²) >= 11 is 0. The first-order valence-electron chi connectivity index (χ1n) is 16.5. The number of carbonyl (C=O) groups excluding carboxylic acids is 2. The minimum Gasteiger partial charge on any atom is -0.475 e. The molecule has 3 fully saturated rings. The monoisotopic (exact) mass is 699 g/mol. The fourth-order valence-electron chi connectivity index (χ4n) is 7.27. The molecule has 3 heterocycles. The van der Waals surface area contributed by atoms with Gasteiger partial charge in [-0.05, 0) is 55.9 Å². The van der Waals surface area contributed by atoms with Crippen LogP contribution in [-0.2, 0) is 22.3 Å². The number of unbranched alkanes of at least 4 members (excludes halogenated alkanes) is 1. The van der Waals surface area contributed by atoms with Crippen LogP contribution in [0.25, 0.3) is 0 Å². The van der Waals surface area contributed by atoms with Crippen molar-refractivity contribution in [2.75, 3.05) is 26.2 Å². The number of halogens is 6. The molecule has 14 heteroatoms. The van der Waals surface area contributed by atoms with Crippen LogP contribution in [-0.4, -0.2) is 87.8 Å². The number of piperidine rings is 2. The predicted octanol–water partition coefficient (Wildman–Crippen LogP) is 7.61. The molecule has 0 saturated carbocycles. The second-order valence-electron chi connectivity index (χ2n) is 13.0. The lowest BCUT2D eigenvalue weighted by atomic mass is 9.80. The highest BCUT2D eigenvalue weighted by atomic mass is 19.4. The normalized spacial score (nSPS) is 20.2. The maximum absolute atomic E-state index is 13.7. The van der Waals surface area contributed by atoms with Crippen LogP contribution in [0.2, 0.25) is 0 Å². The number of benzene rings is 2. The Morgan fingerprint density at radius 1 is 0.918 bits per heavy atom. The van der Waals surface area contributed by atoms with Gasteiger partial charge in [0.05, 0.1) is 18.2 Å². The van der Waals surface area contributed by atoms with Crippen molar-refractivity contribution in [3.05, 3.63) is 70.3 Å². The van der Waals surface area contributed by atoms with Gasteiger partial charge in [0.15, 0.2) is 0 Å². The average molecular weight is 700 g/mol. The zero-order valence-corrected chi connectivity index (χ0v) is 27.9. The molecule has 1 unspecified atom stereocenters. The Morgan fingerprint density at radius 2 is 1.49 bits per heavy atom. The number of carbonyl (C=O) groups is 3. The Balaban J connectivity index is 0.000000698. The van der Waals surface area contributed by atoms with Crippen LogP contribution in [0.5, 0.6) is 0 Å². The van der Waals surface area contributed by atoms with Crippen LogP contribution in [0.15, 0.2) is 42.5 Å². The number of amides is 2. The van der Waals surface area contributed by atoms with E-state index < -0.39 is 35.6 Å². The van der Waals surface area contributed by atoms with E-state index in [9.17, 15) is 35.9 Å². The number of carboxylic acids is 1.